The van der Waals surface area contributed by atoms with Crippen LogP contribution in [0.1, 0.15) is 0 Å². The molecule has 1 N–H and O–H groups in total. The Labute approximate surface area is 62.4 Å². The van der Waals surface area contributed by atoms with E-state index in [1.165, 1.54) is 16.4 Å². The van der Waals surface area contributed by atoms with Crippen molar-refractivity contribution in [2.45, 2.75) is 11.7 Å². The smallest absolute Gasteiger partial charge is 0.209 e. The van der Waals surface area contributed by atoms with Crippen LogP contribution in [-0.4, -0.2) is 31.9 Å². The Morgan fingerprint density at radius 2 is 2.50 bits per heavy atom. The van der Waals surface area contributed by atoms with Gasteiger partial charge in [-0.2, -0.15) is 0 Å². The van der Waals surface area contributed by atoms with E-state index in [0.717, 1.165) is 0 Å². The fraction of sp³-hybridized carbons (Fsp3) is 0.500. The lowest BCUT2D eigenvalue weighted by Crippen LogP contribution is -2.04. The molecule has 55 valence electrons. The third-order valence-corrected chi connectivity index (χ3v) is 1.49. The van der Waals surface area contributed by atoms with Gasteiger partial charge in [-0.05, 0) is 10.4 Å². The molecule has 10 heavy (non-hydrogen) atoms. The van der Waals surface area contributed by atoms with Crippen molar-refractivity contribution in [3.63, 3.8) is 0 Å². The maximum atomic E-state index is 8.51. The monoisotopic (exact) mass is 159 g/mol. The van der Waals surface area contributed by atoms with Crippen molar-refractivity contribution in [3.8, 4) is 0 Å². The maximum absolute atomic E-state index is 8.51. The highest BCUT2D eigenvalue weighted by atomic mass is 32.2. The molecular formula is C4H7N4OS. The fourth-order valence-corrected chi connectivity index (χ4v) is 0.906. The fourth-order valence-electron chi connectivity index (χ4n) is 0.535. The van der Waals surface area contributed by atoms with Crippen LogP contribution in [0.25, 0.3) is 0 Å². The Kier molecular flexibility index (Phi) is 2.64. The normalized spacial score (nSPS) is 10.2. The number of thioether (sulfide) groups is 1. The largest absolute Gasteiger partial charge is 0.394 e. The molecule has 1 rings (SSSR count). The molecule has 0 aromatic carbocycles. The first-order chi connectivity index (χ1) is 4.88. The van der Waals surface area contributed by atoms with Gasteiger partial charge in [0.15, 0.2) is 0 Å². The van der Waals surface area contributed by atoms with E-state index in [-0.39, 0.29) is 6.61 Å². The number of aromatic nitrogens is 4. The maximum Gasteiger partial charge on any atom is 0.209 e. The molecule has 0 fully saturated rings. The Morgan fingerprint density at radius 1 is 1.70 bits per heavy atom. The molecule has 1 heterocycles. The summed E-state index contributed by atoms with van der Waals surface area (Å²) in [4.78, 5) is 0. The van der Waals surface area contributed by atoms with Crippen LogP contribution >= 0.6 is 11.8 Å². The number of aliphatic hydroxyl groups excluding tert-OH is 1. The van der Waals surface area contributed by atoms with Crippen molar-refractivity contribution < 1.29 is 5.11 Å². The highest BCUT2D eigenvalue weighted by molar-refractivity contribution is 8.00. The second-order valence-electron chi connectivity index (χ2n) is 1.55. The van der Waals surface area contributed by atoms with Gasteiger partial charge in [0.05, 0.1) is 13.2 Å². The third kappa shape index (κ3) is 1.45. The Hall–Kier alpha value is -0.620. The van der Waals surface area contributed by atoms with E-state index in [1.54, 1.807) is 0 Å². The zero-order valence-electron chi connectivity index (χ0n) is 5.27. The molecule has 0 spiro atoms. The van der Waals surface area contributed by atoms with Crippen LogP contribution in [0.5, 0.6) is 0 Å². The lowest BCUT2D eigenvalue weighted by Gasteiger charge is -1.96. The van der Waals surface area contributed by atoms with Crippen LogP contribution in [0.3, 0.4) is 0 Å². The van der Waals surface area contributed by atoms with Gasteiger partial charge in [-0.15, -0.1) is 5.10 Å². The van der Waals surface area contributed by atoms with E-state index in [2.05, 4.69) is 21.8 Å². The van der Waals surface area contributed by atoms with Gasteiger partial charge in [0, 0.05) is 6.26 Å². The molecular weight excluding hydrogens is 152 g/mol. The van der Waals surface area contributed by atoms with E-state index in [4.69, 9.17) is 5.11 Å². The van der Waals surface area contributed by atoms with E-state index < -0.39 is 0 Å². The summed E-state index contributed by atoms with van der Waals surface area (Å²) in [5, 5.41) is 19.8. The molecule has 1 aromatic rings. The minimum atomic E-state index is 0.0403. The van der Waals surface area contributed by atoms with E-state index in [1.807, 2.05) is 0 Å². The first-order valence-electron chi connectivity index (χ1n) is 2.67. The van der Waals surface area contributed by atoms with Gasteiger partial charge in [-0.3, -0.25) is 0 Å². The zero-order valence-corrected chi connectivity index (χ0v) is 6.08. The Bertz CT molecular complexity index is 201. The summed E-state index contributed by atoms with van der Waals surface area (Å²) >= 11 is 1.21. The van der Waals surface area contributed by atoms with Crippen LogP contribution in [-0.2, 0) is 6.54 Å². The van der Waals surface area contributed by atoms with Crippen molar-refractivity contribution >= 4 is 11.8 Å². The standard InChI is InChI=1S/C4H7N4OS/c1-10-4-5-6-7-8(4)2-3-9/h9H,1-3H2. The molecule has 1 aromatic heterocycles. The molecule has 0 atom stereocenters. The summed E-state index contributed by atoms with van der Waals surface area (Å²) in [6, 6.07) is 0. The summed E-state index contributed by atoms with van der Waals surface area (Å²) in [7, 11) is 0. The van der Waals surface area contributed by atoms with Gasteiger partial charge in [0.2, 0.25) is 5.16 Å². The van der Waals surface area contributed by atoms with Crippen LogP contribution in [0.4, 0.5) is 0 Å². The summed E-state index contributed by atoms with van der Waals surface area (Å²) in [5.41, 5.74) is 0. The van der Waals surface area contributed by atoms with E-state index in [0.29, 0.717) is 11.7 Å². The SMILES string of the molecule is [CH2]Sc1nnnn1CCO. The number of aliphatic hydroxyl groups is 1. The predicted molar refractivity (Wildman–Crippen MR) is 36.1 cm³/mol. The lowest BCUT2D eigenvalue weighted by atomic mass is 10.7. The highest BCUT2D eigenvalue weighted by Gasteiger charge is 2.01. The number of hydrogen-bond acceptors (Lipinski definition) is 5. The number of nitrogens with zero attached hydrogens (tertiary/aromatic N) is 4. The van der Waals surface area contributed by atoms with Crippen molar-refractivity contribution in [2.24, 2.45) is 0 Å². The summed E-state index contributed by atoms with van der Waals surface area (Å²) in [5.74, 6) is 0. The van der Waals surface area contributed by atoms with Gasteiger partial charge in [-0.1, -0.05) is 11.8 Å². The van der Waals surface area contributed by atoms with Crippen LogP contribution in [0.2, 0.25) is 0 Å². The van der Waals surface area contributed by atoms with Crippen molar-refractivity contribution in [1.82, 2.24) is 20.2 Å². The average Bonchev–Trinajstić information content (AvgIpc) is 2.36. The van der Waals surface area contributed by atoms with Gasteiger partial charge >= 0.3 is 0 Å². The van der Waals surface area contributed by atoms with Gasteiger partial charge in [-0.25, -0.2) is 4.68 Å². The zero-order chi connectivity index (χ0) is 7.40. The molecule has 5 nitrogen and oxygen atoms in total. The summed E-state index contributed by atoms with van der Waals surface area (Å²) in [6.45, 7) is 0.462. The summed E-state index contributed by atoms with van der Waals surface area (Å²) < 4.78 is 1.50. The van der Waals surface area contributed by atoms with Crippen molar-refractivity contribution in [2.75, 3.05) is 6.61 Å². The van der Waals surface area contributed by atoms with Crippen LogP contribution < -0.4 is 0 Å². The van der Waals surface area contributed by atoms with Gasteiger partial charge < -0.3 is 5.11 Å². The molecule has 0 aliphatic carbocycles. The molecule has 0 bridgehead atoms. The quantitative estimate of drug-likeness (QED) is 0.605. The molecule has 1 radical (unpaired) electrons. The predicted octanol–water partition coefficient (Wildman–Crippen LogP) is -0.451. The lowest BCUT2D eigenvalue weighted by molar-refractivity contribution is 0.262. The number of hydrogen-bond donors (Lipinski definition) is 1. The molecule has 0 amide bonds. The molecule has 6 heteroatoms. The van der Waals surface area contributed by atoms with Gasteiger partial charge in [0.1, 0.15) is 0 Å². The van der Waals surface area contributed by atoms with E-state index >= 15 is 0 Å². The molecule has 0 saturated carbocycles. The average molecular weight is 159 g/mol. The summed E-state index contributed by atoms with van der Waals surface area (Å²) in [6.07, 6.45) is 3.54. The number of rotatable bonds is 3. The second-order valence-corrected chi connectivity index (χ2v) is 2.21. The highest BCUT2D eigenvalue weighted by Crippen LogP contribution is 2.09. The molecule has 0 aliphatic heterocycles. The van der Waals surface area contributed by atoms with Crippen LogP contribution in [0, 0.1) is 6.26 Å². The number of tetrazole rings is 1. The molecule has 0 saturated heterocycles. The van der Waals surface area contributed by atoms with Crippen molar-refractivity contribution in [3.05, 3.63) is 6.26 Å². The molecule has 0 unspecified atom stereocenters. The van der Waals surface area contributed by atoms with E-state index in [9.17, 15) is 0 Å². The third-order valence-electron chi connectivity index (χ3n) is 0.940. The second kappa shape index (κ2) is 3.52. The van der Waals surface area contributed by atoms with Crippen LogP contribution in [0.15, 0.2) is 5.16 Å². The first-order valence-corrected chi connectivity index (χ1v) is 3.66. The molecule has 0 aliphatic rings. The first kappa shape index (κ1) is 7.49. The topological polar surface area (TPSA) is 63.8 Å². The Balaban J connectivity index is 2.70. The Morgan fingerprint density at radius 3 is 3.10 bits per heavy atom. The van der Waals surface area contributed by atoms with Gasteiger partial charge in [0.25, 0.3) is 0 Å². The minimum absolute atomic E-state index is 0.0403. The van der Waals surface area contributed by atoms with Crippen molar-refractivity contribution in [1.29, 1.82) is 0 Å². The minimum Gasteiger partial charge on any atom is -0.394 e.